The number of ether oxygens (including phenoxy) is 1. The molecule has 1 N–H and O–H groups in total. The minimum atomic E-state index is -2.79. The van der Waals surface area contributed by atoms with Crippen LogP contribution in [0.15, 0.2) is 48.7 Å². The minimum Gasteiger partial charge on any atom is -0.435 e. The zero-order valence-electron chi connectivity index (χ0n) is 9.51. The molecular formula is C13H12F2N2O. The van der Waals surface area contributed by atoms with E-state index in [1.807, 2.05) is 18.2 Å². The number of anilines is 1. The predicted octanol–water partition coefficient (Wildman–Crippen LogP) is 3.30. The third kappa shape index (κ3) is 3.69. The predicted molar refractivity (Wildman–Crippen MR) is 64.6 cm³/mol. The Morgan fingerprint density at radius 1 is 1.11 bits per heavy atom. The summed E-state index contributed by atoms with van der Waals surface area (Å²) in [4.78, 5) is 4.16. The standard InChI is InChI=1S/C13H12F2N2O/c14-13(15)18-12-6-4-10(5-7-12)17-9-11-3-1-2-8-16-11/h1-8,13,17H,9H2. The van der Waals surface area contributed by atoms with E-state index in [1.165, 1.54) is 12.1 Å². The summed E-state index contributed by atoms with van der Waals surface area (Å²) in [6, 6.07) is 12.0. The van der Waals surface area contributed by atoms with Crippen LogP contribution in [0.3, 0.4) is 0 Å². The second-order valence-electron chi connectivity index (χ2n) is 3.58. The average Bonchev–Trinajstić information content (AvgIpc) is 2.38. The Balaban J connectivity index is 1.90. The number of hydrogen-bond donors (Lipinski definition) is 1. The van der Waals surface area contributed by atoms with Gasteiger partial charge in [-0.1, -0.05) is 6.07 Å². The van der Waals surface area contributed by atoms with Crippen LogP contribution in [0.5, 0.6) is 5.75 Å². The van der Waals surface area contributed by atoms with Crippen molar-refractivity contribution in [3.63, 3.8) is 0 Å². The minimum absolute atomic E-state index is 0.147. The van der Waals surface area contributed by atoms with Crippen molar-refractivity contribution >= 4 is 5.69 Å². The molecular weight excluding hydrogens is 238 g/mol. The summed E-state index contributed by atoms with van der Waals surface area (Å²) in [5.74, 6) is 0.147. The molecule has 1 aromatic carbocycles. The first-order valence-electron chi connectivity index (χ1n) is 5.43. The first-order chi connectivity index (χ1) is 8.74. The fraction of sp³-hybridized carbons (Fsp3) is 0.154. The molecule has 0 saturated carbocycles. The number of pyridine rings is 1. The SMILES string of the molecule is FC(F)Oc1ccc(NCc2ccccn2)cc1. The van der Waals surface area contributed by atoms with Crippen molar-refractivity contribution < 1.29 is 13.5 Å². The van der Waals surface area contributed by atoms with Crippen LogP contribution in [0.25, 0.3) is 0 Å². The number of benzene rings is 1. The van der Waals surface area contributed by atoms with E-state index in [9.17, 15) is 8.78 Å². The van der Waals surface area contributed by atoms with E-state index in [0.717, 1.165) is 11.4 Å². The lowest BCUT2D eigenvalue weighted by molar-refractivity contribution is -0.0498. The van der Waals surface area contributed by atoms with Gasteiger partial charge in [0.1, 0.15) is 5.75 Å². The first kappa shape index (κ1) is 12.3. The lowest BCUT2D eigenvalue weighted by Crippen LogP contribution is -2.03. The Kier molecular flexibility index (Phi) is 4.06. The van der Waals surface area contributed by atoms with Crippen LogP contribution >= 0.6 is 0 Å². The summed E-state index contributed by atoms with van der Waals surface area (Å²) in [6.07, 6.45) is 1.72. The lowest BCUT2D eigenvalue weighted by Gasteiger charge is -2.07. The zero-order valence-corrected chi connectivity index (χ0v) is 9.51. The first-order valence-corrected chi connectivity index (χ1v) is 5.43. The maximum atomic E-state index is 11.9. The normalized spacial score (nSPS) is 10.4. The highest BCUT2D eigenvalue weighted by atomic mass is 19.3. The van der Waals surface area contributed by atoms with Gasteiger partial charge in [-0.15, -0.1) is 0 Å². The molecule has 0 aliphatic rings. The summed E-state index contributed by atoms with van der Waals surface area (Å²) in [7, 11) is 0. The Bertz CT molecular complexity index is 474. The van der Waals surface area contributed by atoms with E-state index in [-0.39, 0.29) is 5.75 Å². The van der Waals surface area contributed by atoms with Gasteiger partial charge in [-0.25, -0.2) is 0 Å². The summed E-state index contributed by atoms with van der Waals surface area (Å²) in [5, 5.41) is 3.14. The van der Waals surface area contributed by atoms with Crippen molar-refractivity contribution in [2.45, 2.75) is 13.2 Å². The van der Waals surface area contributed by atoms with E-state index in [1.54, 1.807) is 18.3 Å². The third-order valence-corrected chi connectivity index (χ3v) is 2.28. The van der Waals surface area contributed by atoms with Crippen LogP contribution in [0, 0.1) is 0 Å². The van der Waals surface area contributed by atoms with Crippen molar-refractivity contribution in [3.05, 3.63) is 54.4 Å². The molecule has 3 nitrogen and oxygen atoms in total. The van der Waals surface area contributed by atoms with E-state index in [0.29, 0.717) is 6.54 Å². The molecule has 0 spiro atoms. The fourth-order valence-corrected chi connectivity index (χ4v) is 1.45. The van der Waals surface area contributed by atoms with Gasteiger partial charge in [0.05, 0.1) is 12.2 Å². The summed E-state index contributed by atoms with van der Waals surface area (Å²) >= 11 is 0. The fourth-order valence-electron chi connectivity index (χ4n) is 1.45. The van der Waals surface area contributed by atoms with E-state index in [4.69, 9.17) is 0 Å². The number of nitrogens with zero attached hydrogens (tertiary/aromatic N) is 1. The topological polar surface area (TPSA) is 34.1 Å². The molecule has 2 aromatic rings. The number of alkyl halides is 2. The zero-order chi connectivity index (χ0) is 12.8. The molecule has 0 unspecified atom stereocenters. The van der Waals surface area contributed by atoms with E-state index >= 15 is 0 Å². The molecule has 0 amide bonds. The average molecular weight is 250 g/mol. The van der Waals surface area contributed by atoms with Crippen molar-refractivity contribution in [3.8, 4) is 5.75 Å². The van der Waals surface area contributed by atoms with Crippen LogP contribution in [-0.4, -0.2) is 11.6 Å². The molecule has 0 bridgehead atoms. The van der Waals surface area contributed by atoms with Gasteiger partial charge in [-0.3, -0.25) is 4.98 Å². The van der Waals surface area contributed by atoms with Crippen molar-refractivity contribution in [2.24, 2.45) is 0 Å². The molecule has 1 aromatic heterocycles. The van der Waals surface area contributed by atoms with Gasteiger partial charge >= 0.3 is 6.61 Å². The Morgan fingerprint density at radius 3 is 2.50 bits per heavy atom. The Hall–Kier alpha value is -2.17. The number of nitrogens with one attached hydrogen (secondary N) is 1. The van der Waals surface area contributed by atoms with Gasteiger partial charge in [-0.2, -0.15) is 8.78 Å². The number of hydrogen-bond acceptors (Lipinski definition) is 3. The smallest absolute Gasteiger partial charge is 0.387 e. The van der Waals surface area contributed by atoms with Gasteiger partial charge in [-0.05, 0) is 36.4 Å². The molecule has 0 radical (unpaired) electrons. The second-order valence-corrected chi connectivity index (χ2v) is 3.58. The van der Waals surface area contributed by atoms with Gasteiger partial charge in [0.15, 0.2) is 0 Å². The molecule has 0 aliphatic heterocycles. The molecule has 0 saturated heterocycles. The lowest BCUT2D eigenvalue weighted by atomic mass is 10.3. The van der Waals surface area contributed by atoms with Crippen LogP contribution in [-0.2, 0) is 6.54 Å². The van der Waals surface area contributed by atoms with Crippen molar-refractivity contribution in [1.29, 1.82) is 0 Å². The number of aromatic nitrogens is 1. The molecule has 1 heterocycles. The molecule has 0 atom stereocenters. The molecule has 0 fully saturated rings. The molecule has 2 rings (SSSR count). The third-order valence-electron chi connectivity index (χ3n) is 2.28. The van der Waals surface area contributed by atoms with E-state index in [2.05, 4.69) is 15.0 Å². The van der Waals surface area contributed by atoms with Crippen LogP contribution in [0.1, 0.15) is 5.69 Å². The Morgan fingerprint density at radius 2 is 1.89 bits per heavy atom. The van der Waals surface area contributed by atoms with Crippen LogP contribution in [0.2, 0.25) is 0 Å². The summed E-state index contributed by atoms with van der Waals surface area (Å²) in [5.41, 5.74) is 1.73. The number of halogens is 2. The van der Waals surface area contributed by atoms with Gasteiger partial charge in [0.25, 0.3) is 0 Å². The summed E-state index contributed by atoms with van der Waals surface area (Å²) in [6.45, 7) is -2.21. The maximum absolute atomic E-state index is 11.9. The number of rotatable bonds is 5. The summed E-state index contributed by atoms with van der Waals surface area (Å²) < 4.78 is 28.1. The highest BCUT2D eigenvalue weighted by molar-refractivity contribution is 5.46. The molecule has 18 heavy (non-hydrogen) atoms. The second kappa shape index (κ2) is 5.95. The molecule has 5 heteroatoms. The van der Waals surface area contributed by atoms with Gasteiger partial charge in [0, 0.05) is 11.9 Å². The van der Waals surface area contributed by atoms with Crippen LogP contribution in [0.4, 0.5) is 14.5 Å². The monoisotopic (exact) mass is 250 g/mol. The van der Waals surface area contributed by atoms with Crippen molar-refractivity contribution in [2.75, 3.05) is 5.32 Å². The quantitative estimate of drug-likeness (QED) is 0.884. The highest BCUT2D eigenvalue weighted by Crippen LogP contribution is 2.17. The largest absolute Gasteiger partial charge is 0.435 e. The van der Waals surface area contributed by atoms with Gasteiger partial charge < -0.3 is 10.1 Å². The maximum Gasteiger partial charge on any atom is 0.387 e. The van der Waals surface area contributed by atoms with Crippen LogP contribution < -0.4 is 10.1 Å². The van der Waals surface area contributed by atoms with Crippen molar-refractivity contribution in [1.82, 2.24) is 4.98 Å². The van der Waals surface area contributed by atoms with Gasteiger partial charge in [0.2, 0.25) is 0 Å². The van der Waals surface area contributed by atoms with E-state index < -0.39 is 6.61 Å². The molecule has 0 aliphatic carbocycles. The highest BCUT2D eigenvalue weighted by Gasteiger charge is 2.03. The Labute approximate surface area is 103 Å². The molecule has 94 valence electrons.